The number of hydrogen-bond acceptors (Lipinski definition) is 4. The van der Waals surface area contributed by atoms with Crippen LogP contribution in [0.3, 0.4) is 0 Å². The summed E-state index contributed by atoms with van der Waals surface area (Å²) in [6, 6.07) is 8.57. The highest BCUT2D eigenvalue weighted by atomic mass is 32.2. The van der Waals surface area contributed by atoms with E-state index in [9.17, 15) is 4.79 Å². The maximum atomic E-state index is 12.5. The van der Waals surface area contributed by atoms with Crippen molar-refractivity contribution in [3.8, 4) is 11.4 Å². The number of aromatic nitrogens is 3. The maximum Gasteiger partial charge on any atom is 0.233 e. The number of aryl methyl sites for hydroxylation is 1. The average Bonchev–Trinajstić information content (AvgIpc) is 2.94. The van der Waals surface area contributed by atoms with Crippen LogP contribution in [-0.4, -0.2) is 43.9 Å². The topological polar surface area (TPSA) is 51.0 Å². The summed E-state index contributed by atoms with van der Waals surface area (Å²) >= 11 is 1.47. The third-order valence-corrected chi connectivity index (χ3v) is 5.56. The van der Waals surface area contributed by atoms with Crippen LogP contribution in [-0.2, 0) is 11.8 Å². The minimum atomic E-state index is 0.201. The van der Waals surface area contributed by atoms with Crippen LogP contribution < -0.4 is 0 Å². The molecule has 2 heterocycles. The van der Waals surface area contributed by atoms with Crippen molar-refractivity contribution in [2.45, 2.75) is 44.3 Å². The predicted molar refractivity (Wildman–Crippen MR) is 96.9 cm³/mol. The fourth-order valence-corrected chi connectivity index (χ4v) is 3.95. The smallest absolute Gasteiger partial charge is 0.233 e. The first-order valence-electron chi connectivity index (χ1n) is 8.45. The molecule has 0 bridgehead atoms. The van der Waals surface area contributed by atoms with Gasteiger partial charge in [-0.3, -0.25) is 4.79 Å². The van der Waals surface area contributed by atoms with Crippen LogP contribution in [0.5, 0.6) is 0 Å². The molecule has 5 nitrogen and oxygen atoms in total. The van der Waals surface area contributed by atoms with Crippen molar-refractivity contribution in [2.75, 3.05) is 12.3 Å². The Morgan fingerprint density at radius 1 is 1.33 bits per heavy atom. The SMILES string of the molecule is Cc1cccc(-c2nnc(SCC(=O)N3CCCCC3C)n2C)c1. The van der Waals surface area contributed by atoms with Crippen LogP contribution in [0.2, 0.25) is 0 Å². The molecule has 1 saturated heterocycles. The zero-order chi connectivity index (χ0) is 17.1. The Hall–Kier alpha value is -1.82. The summed E-state index contributed by atoms with van der Waals surface area (Å²) in [5, 5.41) is 9.34. The van der Waals surface area contributed by atoms with Crippen molar-refractivity contribution < 1.29 is 4.79 Å². The lowest BCUT2D eigenvalue weighted by Gasteiger charge is -2.33. The molecule has 24 heavy (non-hydrogen) atoms. The quantitative estimate of drug-likeness (QED) is 0.799. The van der Waals surface area contributed by atoms with Gasteiger partial charge in [-0.05, 0) is 39.2 Å². The van der Waals surface area contributed by atoms with Crippen LogP contribution in [0.25, 0.3) is 11.4 Å². The molecule has 0 saturated carbocycles. The van der Waals surface area contributed by atoms with E-state index in [2.05, 4.69) is 36.2 Å². The molecule has 3 rings (SSSR count). The molecule has 2 aromatic rings. The molecule has 1 aromatic heterocycles. The third kappa shape index (κ3) is 3.64. The molecule has 1 aliphatic rings. The largest absolute Gasteiger partial charge is 0.339 e. The number of carbonyl (C=O) groups is 1. The highest BCUT2D eigenvalue weighted by Crippen LogP contribution is 2.24. The molecule has 1 unspecified atom stereocenters. The number of piperidine rings is 1. The van der Waals surface area contributed by atoms with Gasteiger partial charge in [0.05, 0.1) is 5.75 Å². The van der Waals surface area contributed by atoms with E-state index >= 15 is 0 Å². The van der Waals surface area contributed by atoms with Gasteiger partial charge in [0.25, 0.3) is 0 Å². The summed E-state index contributed by atoms with van der Waals surface area (Å²) in [5.74, 6) is 1.46. The average molecular weight is 344 g/mol. The molecular formula is C18H24N4OS. The van der Waals surface area contributed by atoms with E-state index in [0.717, 1.165) is 35.9 Å². The molecule has 1 aromatic carbocycles. The highest BCUT2D eigenvalue weighted by Gasteiger charge is 2.23. The second-order valence-electron chi connectivity index (χ2n) is 6.46. The van der Waals surface area contributed by atoms with Crippen molar-refractivity contribution in [3.63, 3.8) is 0 Å². The molecule has 0 N–H and O–H groups in total. The lowest BCUT2D eigenvalue weighted by atomic mass is 10.0. The van der Waals surface area contributed by atoms with Crippen molar-refractivity contribution in [1.29, 1.82) is 0 Å². The minimum Gasteiger partial charge on any atom is -0.339 e. The Kier molecular flexibility index (Phi) is 5.23. The maximum absolute atomic E-state index is 12.5. The first-order chi connectivity index (χ1) is 11.6. The van der Waals surface area contributed by atoms with Crippen molar-refractivity contribution in [3.05, 3.63) is 29.8 Å². The number of benzene rings is 1. The number of hydrogen-bond donors (Lipinski definition) is 0. The molecule has 128 valence electrons. The zero-order valence-corrected chi connectivity index (χ0v) is 15.3. The molecule has 6 heteroatoms. The van der Waals surface area contributed by atoms with Crippen LogP contribution in [0.4, 0.5) is 0 Å². The van der Waals surface area contributed by atoms with Crippen molar-refractivity contribution >= 4 is 17.7 Å². The summed E-state index contributed by atoms with van der Waals surface area (Å²) in [4.78, 5) is 14.5. The van der Waals surface area contributed by atoms with E-state index in [1.165, 1.54) is 23.7 Å². The first kappa shape index (κ1) is 17.0. The molecule has 0 aliphatic carbocycles. The highest BCUT2D eigenvalue weighted by molar-refractivity contribution is 7.99. The van der Waals surface area contributed by atoms with Gasteiger partial charge in [-0.2, -0.15) is 0 Å². The molecule has 1 amide bonds. The van der Waals surface area contributed by atoms with E-state index in [1.807, 2.05) is 28.6 Å². The first-order valence-corrected chi connectivity index (χ1v) is 9.43. The number of likely N-dealkylation sites (tertiary alicyclic amines) is 1. The van der Waals surface area contributed by atoms with E-state index in [0.29, 0.717) is 11.8 Å². The second-order valence-corrected chi connectivity index (χ2v) is 7.40. The van der Waals surface area contributed by atoms with Crippen LogP contribution in [0.15, 0.2) is 29.4 Å². The monoisotopic (exact) mass is 344 g/mol. The van der Waals surface area contributed by atoms with Gasteiger partial charge in [-0.1, -0.05) is 35.5 Å². The van der Waals surface area contributed by atoms with Crippen molar-refractivity contribution in [2.24, 2.45) is 7.05 Å². The summed E-state index contributed by atoms with van der Waals surface area (Å²) in [6.07, 6.45) is 3.45. The number of nitrogens with zero attached hydrogens (tertiary/aromatic N) is 4. The van der Waals surface area contributed by atoms with Gasteiger partial charge < -0.3 is 9.47 Å². The second kappa shape index (κ2) is 7.38. The molecule has 0 spiro atoms. The minimum absolute atomic E-state index is 0.201. The van der Waals surface area contributed by atoms with Crippen LogP contribution >= 0.6 is 11.8 Å². The molecular weight excluding hydrogens is 320 g/mol. The van der Waals surface area contributed by atoms with Gasteiger partial charge in [0.1, 0.15) is 0 Å². The normalized spacial score (nSPS) is 18.0. The standard InChI is InChI=1S/C18H24N4OS/c1-13-7-6-9-15(11-13)17-19-20-18(21(17)3)24-12-16(23)22-10-5-4-8-14(22)2/h6-7,9,11,14H,4-5,8,10,12H2,1-3H3. The van der Waals surface area contributed by atoms with Crippen LogP contribution in [0, 0.1) is 6.92 Å². The fraction of sp³-hybridized carbons (Fsp3) is 0.500. The predicted octanol–water partition coefficient (Wildman–Crippen LogP) is 3.28. The van der Waals surface area contributed by atoms with Crippen LogP contribution in [0.1, 0.15) is 31.7 Å². The van der Waals surface area contributed by atoms with Gasteiger partial charge >= 0.3 is 0 Å². The Labute approximate surface area is 147 Å². The summed E-state index contributed by atoms with van der Waals surface area (Å²) < 4.78 is 1.96. The Balaban J connectivity index is 1.67. The van der Waals surface area contributed by atoms with Gasteiger partial charge in [-0.25, -0.2) is 0 Å². The number of thioether (sulfide) groups is 1. The summed E-state index contributed by atoms with van der Waals surface area (Å²) in [6.45, 7) is 5.09. The third-order valence-electron chi connectivity index (χ3n) is 4.56. The van der Waals surface area contributed by atoms with E-state index in [1.54, 1.807) is 0 Å². The van der Waals surface area contributed by atoms with E-state index in [4.69, 9.17) is 0 Å². The number of carbonyl (C=O) groups excluding carboxylic acids is 1. The Bertz CT molecular complexity index is 728. The number of amides is 1. The number of rotatable bonds is 4. The summed E-state index contributed by atoms with van der Waals surface area (Å²) in [5.41, 5.74) is 2.24. The molecule has 1 fully saturated rings. The summed E-state index contributed by atoms with van der Waals surface area (Å²) in [7, 11) is 1.95. The Morgan fingerprint density at radius 2 is 2.17 bits per heavy atom. The molecule has 0 radical (unpaired) electrons. The molecule has 1 aliphatic heterocycles. The lowest BCUT2D eigenvalue weighted by Crippen LogP contribution is -2.42. The zero-order valence-electron chi connectivity index (χ0n) is 14.5. The van der Waals surface area contributed by atoms with Crippen molar-refractivity contribution in [1.82, 2.24) is 19.7 Å². The Morgan fingerprint density at radius 3 is 2.92 bits per heavy atom. The van der Waals surface area contributed by atoms with Gasteiger partial charge in [-0.15, -0.1) is 10.2 Å². The fourth-order valence-electron chi connectivity index (χ4n) is 3.15. The van der Waals surface area contributed by atoms with E-state index in [-0.39, 0.29) is 5.91 Å². The van der Waals surface area contributed by atoms with Gasteiger partial charge in [0, 0.05) is 25.2 Å². The van der Waals surface area contributed by atoms with Gasteiger partial charge in [0.15, 0.2) is 11.0 Å². The van der Waals surface area contributed by atoms with E-state index < -0.39 is 0 Å². The lowest BCUT2D eigenvalue weighted by molar-refractivity contribution is -0.131. The molecule has 1 atom stereocenters. The van der Waals surface area contributed by atoms with Gasteiger partial charge in [0.2, 0.25) is 5.91 Å².